The van der Waals surface area contributed by atoms with Crippen LogP contribution in [-0.2, 0) is 23.4 Å². The third kappa shape index (κ3) is 4.60. The van der Waals surface area contributed by atoms with Crippen molar-refractivity contribution in [1.29, 1.82) is 0 Å². The van der Waals surface area contributed by atoms with Crippen LogP contribution in [0.5, 0.6) is 0 Å². The molecule has 6 nitrogen and oxygen atoms in total. The summed E-state index contributed by atoms with van der Waals surface area (Å²) in [6.07, 6.45) is 5.70. The zero-order valence-electron chi connectivity index (χ0n) is 16.6. The van der Waals surface area contributed by atoms with Crippen molar-refractivity contribution < 1.29 is 9.84 Å². The van der Waals surface area contributed by atoms with Gasteiger partial charge in [0, 0.05) is 44.4 Å². The van der Waals surface area contributed by atoms with E-state index in [0.29, 0.717) is 6.04 Å². The van der Waals surface area contributed by atoms with E-state index in [4.69, 9.17) is 9.72 Å². The normalized spacial score (nSPS) is 23.3. The van der Waals surface area contributed by atoms with Crippen LogP contribution in [0.1, 0.15) is 42.1 Å². The number of aliphatic hydroxyl groups is 1. The molecular formula is C21H30N4O2S. The Hall–Kier alpha value is -1.38. The van der Waals surface area contributed by atoms with Crippen LogP contribution in [-0.4, -0.2) is 64.3 Å². The molecule has 152 valence electrons. The summed E-state index contributed by atoms with van der Waals surface area (Å²) >= 11 is 1.67. The van der Waals surface area contributed by atoms with Crippen molar-refractivity contribution in [2.75, 3.05) is 33.4 Å². The van der Waals surface area contributed by atoms with Gasteiger partial charge in [0.2, 0.25) is 0 Å². The minimum Gasteiger partial charge on any atom is -0.383 e. The molecule has 2 fully saturated rings. The number of piperidine rings is 1. The summed E-state index contributed by atoms with van der Waals surface area (Å²) in [7, 11) is 1.77. The van der Waals surface area contributed by atoms with Gasteiger partial charge in [0.05, 0.1) is 24.5 Å². The van der Waals surface area contributed by atoms with Crippen molar-refractivity contribution in [3.05, 3.63) is 46.2 Å². The molecule has 0 saturated carbocycles. The van der Waals surface area contributed by atoms with E-state index in [-0.39, 0.29) is 0 Å². The van der Waals surface area contributed by atoms with E-state index in [2.05, 4.69) is 26.2 Å². The summed E-state index contributed by atoms with van der Waals surface area (Å²) < 4.78 is 5.35. The zero-order valence-corrected chi connectivity index (χ0v) is 17.4. The third-order valence-corrected chi connectivity index (χ3v) is 6.85. The smallest absolute Gasteiger partial charge is 0.110 e. The summed E-state index contributed by atoms with van der Waals surface area (Å²) in [5.74, 6) is 0. The SMILES string of the molecule is COC[C@H]1CCCN1Cc1nc(C2(O)CCN(Cc3ccccn3)CC2)cs1. The second-order valence-electron chi connectivity index (χ2n) is 7.98. The van der Waals surface area contributed by atoms with Crippen molar-refractivity contribution in [2.45, 2.75) is 50.4 Å². The Labute approximate surface area is 171 Å². The Morgan fingerprint density at radius 2 is 2.11 bits per heavy atom. The maximum atomic E-state index is 11.2. The van der Waals surface area contributed by atoms with E-state index in [9.17, 15) is 5.11 Å². The van der Waals surface area contributed by atoms with Crippen LogP contribution in [0, 0.1) is 0 Å². The van der Waals surface area contributed by atoms with Gasteiger partial charge in [0.1, 0.15) is 10.6 Å². The molecule has 0 unspecified atom stereocenters. The molecule has 1 N–H and O–H groups in total. The molecule has 2 aromatic rings. The number of aromatic nitrogens is 2. The van der Waals surface area contributed by atoms with Gasteiger partial charge >= 0.3 is 0 Å². The molecule has 4 heterocycles. The van der Waals surface area contributed by atoms with Gasteiger partial charge < -0.3 is 9.84 Å². The maximum Gasteiger partial charge on any atom is 0.110 e. The number of hydrogen-bond donors (Lipinski definition) is 1. The molecule has 4 rings (SSSR count). The van der Waals surface area contributed by atoms with Gasteiger partial charge in [-0.25, -0.2) is 4.98 Å². The Bertz CT molecular complexity index is 746. The number of hydrogen-bond acceptors (Lipinski definition) is 7. The lowest BCUT2D eigenvalue weighted by Gasteiger charge is -2.37. The minimum absolute atomic E-state index is 0.496. The second-order valence-corrected chi connectivity index (χ2v) is 8.92. The van der Waals surface area contributed by atoms with Crippen LogP contribution in [0.2, 0.25) is 0 Å². The minimum atomic E-state index is -0.799. The van der Waals surface area contributed by atoms with E-state index >= 15 is 0 Å². The van der Waals surface area contributed by atoms with Crippen LogP contribution in [0.25, 0.3) is 0 Å². The molecule has 0 bridgehead atoms. The Morgan fingerprint density at radius 1 is 1.25 bits per heavy atom. The predicted octanol–water partition coefficient (Wildman–Crippen LogP) is 2.63. The summed E-state index contributed by atoms with van der Waals surface area (Å²) in [6, 6.07) is 6.52. The fraction of sp³-hybridized carbons (Fsp3) is 0.619. The van der Waals surface area contributed by atoms with Gasteiger partial charge in [-0.15, -0.1) is 11.3 Å². The third-order valence-electron chi connectivity index (χ3n) is 6.02. The van der Waals surface area contributed by atoms with E-state index in [1.54, 1.807) is 18.4 Å². The first kappa shape index (κ1) is 19.9. The highest BCUT2D eigenvalue weighted by molar-refractivity contribution is 7.09. The maximum absolute atomic E-state index is 11.2. The standard InChI is InChI=1S/C21H30N4O2S/c1-27-15-18-6-4-10-25(18)14-20-23-19(16-28-20)21(26)7-11-24(12-8-21)13-17-5-2-3-9-22-17/h2-3,5,9,16,18,26H,4,6-8,10-15H2,1H3/t18-/m1/s1. The average molecular weight is 403 g/mol. The molecule has 0 aliphatic carbocycles. The van der Waals surface area contributed by atoms with Crippen LogP contribution in [0.3, 0.4) is 0 Å². The molecule has 28 heavy (non-hydrogen) atoms. The highest BCUT2D eigenvalue weighted by Gasteiger charge is 2.36. The zero-order chi connectivity index (χ0) is 19.4. The van der Waals surface area contributed by atoms with Crippen molar-refractivity contribution in [3.63, 3.8) is 0 Å². The lowest BCUT2D eigenvalue weighted by molar-refractivity contribution is -0.0310. The molecule has 2 saturated heterocycles. The van der Waals surface area contributed by atoms with Gasteiger partial charge in [-0.05, 0) is 44.4 Å². The Kier molecular flexibility index (Phi) is 6.38. The molecule has 2 aliphatic rings. The quantitative estimate of drug-likeness (QED) is 0.768. The largest absolute Gasteiger partial charge is 0.383 e. The van der Waals surface area contributed by atoms with E-state index in [1.165, 1.54) is 12.8 Å². The summed E-state index contributed by atoms with van der Waals surface area (Å²) in [5.41, 5.74) is 1.14. The lowest BCUT2D eigenvalue weighted by Crippen LogP contribution is -2.42. The van der Waals surface area contributed by atoms with Crippen LogP contribution in [0.4, 0.5) is 0 Å². The Morgan fingerprint density at radius 3 is 2.86 bits per heavy atom. The Balaban J connectivity index is 1.33. The summed E-state index contributed by atoms with van der Waals surface area (Å²) in [4.78, 5) is 14.1. The average Bonchev–Trinajstić information content (AvgIpc) is 3.36. The highest BCUT2D eigenvalue weighted by Crippen LogP contribution is 2.34. The van der Waals surface area contributed by atoms with Crippen LogP contribution >= 0.6 is 11.3 Å². The van der Waals surface area contributed by atoms with Gasteiger partial charge in [0.15, 0.2) is 0 Å². The molecule has 0 radical (unpaired) electrons. The fourth-order valence-corrected chi connectivity index (χ4v) is 5.22. The fourth-order valence-electron chi connectivity index (χ4n) is 4.31. The number of ether oxygens (including phenoxy) is 1. The second kappa shape index (κ2) is 8.97. The van der Waals surface area contributed by atoms with E-state index in [1.807, 2.05) is 18.3 Å². The number of nitrogens with zero attached hydrogens (tertiary/aromatic N) is 4. The van der Waals surface area contributed by atoms with Crippen LogP contribution in [0.15, 0.2) is 29.8 Å². The van der Waals surface area contributed by atoms with Crippen molar-refractivity contribution >= 4 is 11.3 Å². The van der Waals surface area contributed by atoms with Crippen molar-refractivity contribution in [1.82, 2.24) is 19.8 Å². The molecule has 0 spiro atoms. The van der Waals surface area contributed by atoms with E-state index in [0.717, 1.165) is 68.6 Å². The first-order chi connectivity index (χ1) is 13.7. The molecule has 1 atom stereocenters. The monoisotopic (exact) mass is 402 g/mol. The van der Waals surface area contributed by atoms with Crippen molar-refractivity contribution in [2.24, 2.45) is 0 Å². The number of methoxy groups -OCH3 is 1. The molecule has 2 aliphatic heterocycles. The molecular weight excluding hydrogens is 372 g/mol. The molecule has 0 amide bonds. The van der Waals surface area contributed by atoms with Gasteiger partial charge in [-0.2, -0.15) is 0 Å². The van der Waals surface area contributed by atoms with Gasteiger partial charge in [-0.3, -0.25) is 14.8 Å². The highest BCUT2D eigenvalue weighted by atomic mass is 32.1. The first-order valence-electron chi connectivity index (χ1n) is 10.2. The molecule has 7 heteroatoms. The topological polar surface area (TPSA) is 61.7 Å². The predicted molar refractivity (Wildman–Crippen MR) is 110 cm³/mol. The van der Waals surface area contributed by atoms with Gasteiger partial charge in [0.25, 0.3) is 0 Å². The van der Waals surface area contributed by atoms with Crippen LogP contribution < -0.4 is 0 Å². The molecule has 0 aromatic carbocycles. The van der Waals surface area contributed by atoms with Gasteiger partial charge in [-0.1, -0.05) is 6.07 Å². The first-order valence-corrected chi connectivity index (χ1v) is 11.1. The number of rotatable bonds is 7. The lowest BCUT2D eigenvalue weighted by atomic mass is 9.89. The number of thiazole rings is 1. The summed E-state index contributed by atoms with van der Waals surface area (Å²) in [5, 5.41) is 14.4. The number of pyridine rings is 1. The van der Waals surface area contributed by atoms with E-state index < -0.39 is 5.60 Å². The molecule has 2 aromatic heterocycles. The number of likely N-dealkylation sites (tertiary alicyclic amines) is 2. The van der Waals surface area contributed by atoms with Crippen molar-refractivity contribution in [3.8, 4) is 0 Å². The summed E-state index contributed by atoms with van der Waals surface area (Å²) in [6.45, 7) is 5.32.